The molecule has 1 aliphatic carbocycles. The van der Waals surface area contributed by atoms with Crippen LogP contribution in [0, 0.1) is 24.5 Å². The summed E-state index contributed by atoms with van der Waals surface area (Å²) in [7, 11) is 0. The van der Waals surface area contributed by atoms with Crippen LogP contribution in [0.5, 0.6) is 0 Å². The van der Waals surface area contributed by atoms with Gasteiger partial charge in [0.2, 0.25) is 0 Å². The van der Waals surface area contributed by atoms with Gasteiger partial charge < -0.3 is 11.1 Å². The molecule has 0 saturated heterocycles. The molecule has 1 unspecified atom stereocenters. The molecule has 5 nitrogen and oxygen atoms in total. The zero-order valence-corrected chi connectivity index (χ0v) is 20.8. The first-order valence-electron chi connectivity index (χ1n) is 12.6. The van der Waals surface area contributed by atoms with Crippen molar-refractivity contribution in [2.45, 2.75) is 38.8 Å². The molecule has 1 fully saturated rings. The maximum Gasteiger partial charge on any atom is 0.185 e. The highest BCUT2D eigenvalue weighted by Crippen LogP contribution is 2.32. The SMILES string of the molecule is Cc1cc(C(=O)Cc2cccc(C(NCC3CC3)c3c(F)cccc3F)c2)n(-c2cccc(CN)c2)n1. The monoisotopic (exact) mass is 500 g/mol. The van der Waals surface area contributed by atoms with Crippen LogP contribution in [0.15, 0.2) is 72.8 Å². The highest BCUT2D eigenvalue weighted by atomic mass is 19.1. The standard InChI is InChI=1S/C30H30F2N4O/c1-19-13-27(36(35-19)24-8-3-6-22(15-24)17-33)28(37)16-21-5-2-7-23(14-21)30(34-18-20-11-12-20)29-25(31)9-4-10-26(29)32/h2-10,13-15,20,30,34H,11-12,16-18,33H2,1H3. The van der Waals surface area contributed by atoms with Gasteiger partial charge in [-0.2, -0.15) is 5.10 Å². The lowest BCUT2D eigenvalue weighted by Gasteiger charge is -2.21. The Hall–Kier alpha value is -3.68. The van der Waals surface area contributed by atoms with Crippen LogP contribution in [0.2, 0.25) is 0 Å². The lowest BCUT2D eigenvalue weighted by molar-refractivity contribution is 0.0985. The predicted molar refractivity (Wildman–Crippen MR) is 140 cm³/mol. The fourth-order valence-corrected chi connectivity index (χ4v) is 4.65. The Morgan fingerprint density at radius 3 is 2.46 bits per heavy atom. The molecular formula is C30H30F2N4O. The van der Waals surface area contributed by atoms with E-state index in [9.17, 15) is 13.6 Å². The minimum absolute atomic E-state index is 0.000105. The summed E-state index contributed by atoms with van der Waals surface area (Å²) in [6.07, 6.45) is 2.37. The highest BCUT2D eigenvalue weighted by molar-refractivity contribution is 5.96. The van der Waals surface area contributed by atoms with Gasteiger partial charge in [-0.1, -0.05) is 42.5 Å². The average molecular weight is 501 g/mol. The molecular weight excluding hydrogens is 470 g/mol. The van der Waals surface area contributed by atoms with E-state index in [-0.39, 0.29) is 17.8 Å². The molecule has 0 radical (unpaired) electrons. The minimum Gasteiger partial charge on any atom is -0.326 e. The van der Waals surface area contributed by atoms with Crippen molar-refractivity contribution in [1.29, 1.82) is 0 Å². The maximum atomic E-state index is 14.8. The Labute approximate surface area is 215 Å². The Morgan fingerprint density at radius 1 is 1.03 bits per heavy atom. The number of benzene rings is 3. The van der Waals surface area contributed by atoms with Crippen molar-refractivity contribution in [3.63, 3.8) is 0 Å². The number of hydrogen-bond donors (Lipinski definition) is 2. The number of aryl methyl sites for hydroxylation is 1. The quantitative estimate of drug-likeness (QED) is 0.285. The van der Waals surface area contributed by atoms with Crippen molar-refractivity contribution in [2.24, 2.45) is 11.7 Å². The molecule has 3 aromatic carbocycles. The van der Waals surface area contributed by atoms with Gasteiger partial charge in [0.15, 0.2) is 5.78 Å². The van der Waals surface area contributed by atoms with Crippen molar-refractivity contribution in [1.82, 2.24) is 15.1 Å². The number of carbonyl (C=O) groups is 1. The van der Waals surface area contributed by atoms with E-state index >= 15 is 0 Å². The molecule has 190 valence electrons. The van der Waals surface area contributed by atoms with Crippen molar-refractivity contribution in [3.8, 4) is 5.69 Å². The number of carbonyl (C=O) groups excluding carboxylic acids is 1. The second-order valence-electron chi connectivity index (χ2n) is 9.72. The third-order valence-electron chi connectivity index (χ3n) is 6.75. The van der Waals surface area contributed by atoms with E-state index in [1.54, 1.807) is 10.7 Å². The molecule has 1 aliphatic rings. The maximum absolute atomic E-state index is 14.8. The topological polar surface area (TPSA) is 72.9 Å². The third kappa shape index (κ3) is 5.68. The number of ketones is 1. The number of aromatic nitrogens is 2. The van der Waals surface area contributed by atoms with E-state index in [0.717, 1.165) is 40.9 Å². The van der Waals surface area contributed by atoms with Crippen molar-refractivity contribution >= 4 is 5.78 Å². The Balaban J connectivity index is 1.43. The molecule has 1 heterocycles. The highest BCUT2D eigenvalue weighted by Gasteiger charge is 2.27. The van der Waals surface area contributed by atoms with Gasteiger partial charge in [0.05, 0.1) is 17.4 Å². The number of nitrogens with one attached hydrogen (secondary N) is 1. The first-order chi connectivity index (χ1) is 17.9. The second kappa shape index (κ2) is 10.7. The van der Waals surface area contributed by atoms with E-state index in [1.165, 1.54) is 18.2 Å². The number of hydrogen-bond acceptors (Lipinski definition) is 4. The van der Waals surface area contributed by atoms with Crippen LogP contribution in [0.3, 0.4) is 0 Å². The normalized spacial score (nSPS) is 14.1. The molecule has 0 spiro atoms. The van der Waals surface area contributed by atoms with Crippen molar-refractivity contribution < 1.29 is 13.6 Å². The van der Waals surface area contributed by atoms with Crippen molar-refractivity contribution in [3.05, 3.63) is 118 Å². The molecule has 4 aromatic rings. The zero-order chi connectivity index (χ0) is 25.9. The van der Waals surface area contributed by atoms with E-state index in [1.807, 2.05) is 55.5 Å². The van der Waals surface area contributed by atoms with Crippen LogP contribution in [-0.2, 0) is 13.0 Å². The Morgan fingerprint density at radius 2 is 1.73 bits per heavy atom. The second-order valence-corrected chi connectivity index (χ2v) is 9.72. The number of rotatable bonds is 10. The molecule has 7 heteroatoms. The predicted octanol–water partition coefficient (Wildman–Crippen LogP) is 5.43. The first kappa shape index (κ1) is 25.0. The van der Waals surface area contributed by atoms with Gasteiger partial charge in [-0.25, -0.2) is 13.5 Å². The van der Waals surface area contributed by atoms with Crippen LogP contribution < -0.4 is 11.1 Å². The number of Topliss-reactive ketones (excluding diaryl/α,β-unsaturated/α-hetero) is 1. The van der Waals surface area contributed by atoms with E-state index in [4.69, 9.17) is 5.73 Å². The molecule has 3 N–H and O–H groups in total. The van der Waals surface area contributed by atoms with E-state index < -0.39 is 17.7 Å². The van der Waals surface area contributed by atoms with Crippen LogP contribution in [0.1, 0.15) is 57.3 Å². The van der Waals surface area contributed by atoms with Gasteiger partial charge in [-0.15, -0.1) is 0 Å². The van der Waals surface area contributed by atoms with Crippen molar-refractivity contribution in [2.75, 3.05) is 6.54 Å². The summed E-state index contributed by atoms with van der Waals surface area (Å²) in [5.41, 5.74) is 10.2. The molecule has 0 aliphatic heterocycles. The molecule has 37 heavy (non-hydrogen) atoms. The summed E-state index contributed by atoms with van der Waals surface area (Å²) in [6.45, 7) is 2.92. The third-order valence-corrected chi connectivity index (χ3v) is 6.75. The van der Waals surface area contributed by atoms with Crippen LogP contribution >= 0.6 is 0 Å². The first-order valence-corrected chi connectivity index (χ1v) is 12.6. The number of halogens is 2. The minimum atomic E-state index is -0.649. The van der Waals surface area contributed by atoms with Crippen LogP contribution in [-0.4, -0.2) is 22.1 Å². The van der Waals surface area contributed by atoms with Gasteiger partial charge in [-0.05, 0) is 79.3 Å². The molecule has 0 bridgehead atoms. The molecule has 1 aromatic heterocycles. The van der Waals surface area contributed by atoms with E-state index in [2.05, 4.69) is 10.4 Å². The number of nitrogens with zero attached hydrogens (tertiary/aromatic N) is 2. The smallest absolute Gasteiger partial charge is 0.185 e. The molecule has 1 saturated carbocycles. The summed E-state index contributed by atoms with van der Waals surface area (Å²) in [5.74, 6) is -0.749. The summed E-state index contributed by atoms with van der Waals surface area (Å²) in [5, 5.41) is 7.90. The fraction of sp³-hybridized carbons (Fsp3) is 0.267. The number of nitrogens with two attached hydrogens (primary N) is 1. The molecule has 0 amide bonds. The van der Waals surface area contributed by atoms with Gasteiger partial charge in [0.25, 0.3) is 0 Å². The largest absolute Gasteiger partial charge is 0.326 e. The molecule has 5 rings (SSSR count). The fourth-order valence-electron chi connectivity index (χ4n) is 4.65. The summed E-state index contributed by atoms with van der Waals surface area (Å²) in [6, 6.07) is 20.1. The van der Waals surface area contributed by atoms with E-state index in [0.29, 0.717) is 24.7 Å². The lowest BCUT2D eigenvalue weighted by Crippen LogP contribution is -2.26. The summed E-state index contributed by atoms with van der Waals surface area (Å²) < 4.78 is 31.2. The Kier molecular flexibility index (Phi) is 7.26. The van der Waals surface area contributed by atoms with Gasteiger partial charge in [0, 0.05) is 18.5 Å². The van der Waals surface area contributed by atoms with Gasteiger partial charge >= 0.3 is 0 Å². The molecule has 1 atom stereocenters. The average Bonchev–Trinajstić information content (AvgIpc) is 3.64. The van der Waals surface area contributed by atoms with Crippen LogP contribution in [0.25, 0.3) is 5.69 Å². The lowest BCUT2D eigenvalue weighted by atomic mass is 9.94. The van der Waals surface area contributed by atoms with Gasteiger partial charge in [0.1, 0.15) is 17.3 Å². The Bertz CT molecular complexity index is 1410. The van der Waals surface area contributed by atoms with Crippen LogP contribution in [0.4, 0.5) is 8.78 Å². The van der Waals surface area contributed by atoms with Gasteiger partial charge in [-0.3, -0.25) is 4.79 Å². The zero-order valence-electron chi connectivity index (χ0n) is 20.8. The summed E-state index contributed by atoms with van der Waals surface area (Å²) >= 11 is 0. The summed E-state index contributed by atoms with van der Waals surface area (Å²) in [4.78, 5) is 13.4.